The van der Waals surface area contributed by atoms with Crippen molar-refractivity contribution in [2.24, 2.45) is 0 Å². The largest absolute Gasteiger partial charge is 0.396 e. The van der Waals surface area contributed by atoms with E-state index in [0.29, 0.717) is 13.0 Å². The molecule has 1 aromatic carbocycles. The number of aliphatic hydroxyl groups is 1. The molecule has 0 aliphatic carbocycles. The van der Waals surface area contributed by atoms with E-state index in [2.05, 4.69) is 10.6 Å². The minimum atomic E-state index is -0.110. The Labute approximate surface area is 125 Å². The quantitative estimate of drug-likeness (QED) is 0.608. The van der Waals surface area contributed by atoms with E-state index in [9.17, 15) is 9.59 Å². The molecule has 0 aliphatic rings. The van der Waals surface area contributed by atoms with E-state index >= 15 is 0 Å². The molecule has 0 aliphatic heterocycles. The molecule has 0 bridgehead atoms. The van der Waals surface area contributed by atoms with Gasteiger partial charge in [-0.1, -0.05) is 25.0 Å². The lowest BCUT2D eigenvalue weighted by atomic mass is 10.1. The minimum absolute atomic E-state index is 0.00411. The zero-order chi connectivity index (χ0) is 15.5. The average Bonchev–Trinajstić information content (AvgIpc) is 2.44. The number of benzene rings is 1. The van der Waals surface area contributed by atoms with Crippen molar-refractivity contribution in [1.29, 1.82) is 0 Å². The van der Waals surface area contributed by atoms with E-state index in [1.165, 1.54) is 6.92 Å². The van der Waals surface area contributed by atoms with Gasteiger partial charge < -0.3 is 15.7 Å². The first-order chi connectivity index (χ1) is 10.1. The van der Waals surface area contributed by atoms with Crippen LogP contribution in [-0.2, 0) is 16.0 Å². The van der Waals surface area contributed by atoms with E-state index in [0.717, 1.165) is 36.9 Å². The van der Waals surface area contributed by atoms with E-state index in [1.54, 1.807) is 12.1 Å². The molecule has 0 heterocycles. The third-order valence-corrected chi connectivity index (χ3v) is 3.05. The molecule has 116 valence electrons. The zero-order valence-electron chi connectivity index (χ0n) is 12.5. The lowest BCUT2D eigenvalue weighted by Crippen LogP contribution is -2.26. The van der Waals surface area contributed by atoms with Crippen molar-refractivity contribution in [3.63, 3.8) is 0 Å². The number of carbonyl (C=O) groups excluding carboxylic acids is 2. The highest BCUT2D eigenvalue weighted by molar-refractivity contribution is 5.88. The summed E-state index contributed by atoms with van der Waals surface area (Å²) in [5.41, 5.74) is 1.65. The van der Waals surface area contributed by atoms with Gasteiger partial charge in [0.05, 0.1) is 6.42 Å². The van der Waals surface area contributed by atoms with Crippen LogP contribution in [0.4, 0.5) is 5.69 Å². The van der Waals surface area contributed by atoms with Crippen LogP contribution in [0.2, 0.25) is 0 Å². The van der Waals surface area contributed by atoms with Gasteiger partial charge in [-0.3, -0.25) is 9.59 Å². The Morgan fingerprint density at radius 2 is 1.71 bits per heavy atom. The van der Waals surface area contributed by atoms with Crippen LogP contribution in [0, 0.1) is 0 Å². The molecule has 5 nitrogen and oxygen atoms in total. The Balaban J connectivity index is 2.23. The molecule has 0 unspecified atom stereocenters. The first kappa shape index (κ1) is 17.2. The van der Waals surface area contributed by atoms with Gasteiger partial charge in [0.25, 0.3) is 0 Å². The van der Waals surface area contributed by atoms with Crippen LogP contribution in [0.15, 0.2) is 24.3 Å². The summed E-state index contributed by atoms with van der Waals surface area (Å²) in [6.07, 6.45) is 4.13. The standard InChI is InChI=1S/C16H24N2O3/c1-13(20)18-15-8-6-14(7-9-15)12-16(21)17-10-4-2-3-5-11-19/h6-9,19H,2-5,10-12H2,1H3,(H,17,21)(H,18,20). The molecular formula is C16H24N2O3. The lowest BCUT2D eigenvalue weighted by Gasteiger charge is -2.06. The Morgan fingerprint density at radius 1 is 1.05 bits per heavy atom. The number of unbranched alkanes of at least 4 members (excludes halogenated alkanes) is 3. The highest BCUT2D eigenvalue weighted by atomic mass is 16.2. The molecule has 0 saturated heterocycles. The summed E-state index contributed by atoms with van der Waals surface area (Å²) in [6, 6.07) is 7.26. The molecule has 0 fully saturated rings. The number of rotatable bonds is 9. The summed E-state index contributed by atoms with van der Waals surface area (Å²) in [6.45, 7) is 2.37. The van der Waals surface area contributed by atoms with Crippen LogP contribution in [0.1, 0.15) is 38.2 Å². The molecule has 3 N–H and O–H groups in total. The normalized spacial score (nSPS) is 10.2. The predicted molar refractivity (Wildman–Crippen MR) is 83.0 cm³/mol. The Hall–Kier alpha value is -1.88. The van der Waals surface area contributed by atoms with Gasteiger partial charge in [0, 0.05) is 25.8 Å². The second-order valence-corrected chi connectivity index (χ2v) is 5.04. The number of carbonyl (C=O) groups is 2. The summed E-state index contributed by atoms with van der Waals surface area (Å²) in [5, 5.41) is 14.2. The van der Waals surface area contributed by atoms with E-state index in [4.69, 9.17) is 5.11 Å². The Bertz CT molecular complexity index is 443. The molecule has 21 heavy (non-hydrogen) atoms. The molecule has 5 heteroatoms. The van der Waals surface area contributed by atoms with Gasteiger partial charge in [-0.15, -0.1) is 0 Å². The molecule has 0 aromatic heterocycles. The number of hydrogen-bond acceptors (Lipinski definition) is 3. The topological polar surface area (TPSA) is 78.4 Å². The van der Waals surface area contributed by atoms with Crippen molar-refractivity contribution >= 4 is 17.5 Å². The molecule has 0 spiro atoms. The monoisotopic (exact) mass is 292 g/mol. The third-order valence-electron chi connectivity index (χ3n) is 3.05. The van der Waals surface area contributed by atoms with Gasteiger partial charge in [0.2, 0.25) is 11.8 Å². The van der Waals surface area contributed by atoms with Crippen LogP contribution < -0.4 is 10.6 Å². The van der Waals surface area contributed by atoms with Crippen molar-refractivity contribution in [2.45, 2.75) is 39.0 Å². The van der Waals surface area contributed by atoms with Crippen LogP contribution in [-0.4, -0.2) is 30.1 Å². The number of hydrogen-bond donors (Lipinski definition) is 3. The van der Waals surface area contributed by atoms with Crippen molar-refractivity contribution in [2.75, 3.05) is 18.5 Å². The van der Waals surface area contributed by atoms with Gasteiger partial charge in [-0.05, 0) is 30.5 Å². The smallest absolute Gasteiger partial charge is 0.224 e. The number of amides is 2. The maximum absolute atomic E-state index is 11.7. The van der Waals surface area contributed by atoms with Crippen molar-refractivity contribution in [3.8, 4) is 0 Å². The van der Waals surface area contributed by atoms with E-state index in [-0.39, 0.29) is 18.4 Å². The predicted octanol–water partition coefficient (Wildman–Crippen LogP) is 1.86. The molecular weight excluding hydrogens is 268 g/mol. The average molecular weight is 292 g/mol. The van der Waals surface area contributed by atoms with Gasteiger partial charge in [-0.25, -0.2) is 0 Å². The summed E-state index contributed by atoms with van der Waals surface area (Å²) < 4.78 is 0. The fourth-order valence-corrected chi connectivity index (χ4v) is 1.98. The Kier molecular flexibility index (Phi) is 8.12. The fourth-order valence-electron chi connectivity index (χ4n) is 1.98. The Morgan fingerprint density at radius 3 is 2.33 bits per heavy atom. The third kappa shape index (κ3) is 8.09. The van der Waals surface area contributed by atoms with E-state index in [1.807, 2.05) is 12.1 Å². The maximum Gasteiger partial charge on any atom is 0.224 e. The number of anilines is 1. The van der Waals surface area contributed by atoms with Gasteiger partial charge in [-0.2, -0.15) is 0 Å². The molecule has 0 atom stereocenters. The fraction of sp³-hybridized carbons (Fsp3) is 0.500. The molecule has 1 aromatic rings. The summed E-state index contributed by atoms with van der Waals surface area (Å²) >= 11 is 0. The molecule has 1 rings (SSSR count). The molecule has 2 amide bonds. The molecule has 0 saturated carbocycles. The highest BCUT2D eigenvalue weighted by Crippen LogP contribution is 2.10. The maximum atomic E-state index is 11.7. The van der Waals surface area contributed by atoms with Gasteiger partial charge >= 0.3 is 0 Å². The first-order valence-electron chi connectivity index (χ1n) is 7.36. The zero-order valence-corrected chi connectivity index (χ0v) is 12.5. The van der Waals surface area contributed by atoms with Gasteiger partial charge in [0.15, 0.2) is 0 Å². The van der Waals surface area contributed by atoms with E-state index < -0.39 is 0 Å². The molecule has 0 radical (unpaired) electrons. The second kappa shape index (κ2) is 9.94. The van der Waals surface area contributed by atoms with Crippen molar-refractivity contribution < 1.29 is 14.7 Å². The van der Waals surface area contributed by atoms with Crippen LogP contribution in [0.3, 0.4) is 0 Å². The highest BCUT2D eigenvalue weighted by Gasteiger charge is 2.03. The first-order valence-corrected chi connectivity index (χ1v) is 7.36. The second-order valence-electron chi connectivity index (χ2n) is 5.04. The van der Waals surface area contributed by atoms with Gasteiger partial charge in [0.1, 0.15) is 0 Å². The van der Waals surface area contributed by atoms with Crippen LogP contribution in [0.5, 0.6) is 0 Å². The lowest BCUT2D eigenvalue weighted by molar-refractivity contribution is -0.120. The van der Waals surface area contributed by atoms with Crippen molar-refractivity contribution in [1.82, 2.24) is 5.32 Å². The van der Waals surface area contributed by atoms with Crippen LogP contribution in [0.25, 0.3) is 0 Å². The van der Waals surface area contributed by atoms with Crippen LogP contribution >= 0.6 is 0 Å². The summed E-state index contributed by atoms with van der Waals surface area (Å²) in [4.78, 5) is 22.6. The summed E-state index contributed by atoms with van der Waals surface area (Å²) in [7, 11) is 0. The minimum Gasteiger partial charge on any atom is -0.396 e. The van der Waals surface area contributed by atoms with Crippen molar-refractivity contribution in [3.05, 3.63) is 29.8 Å². The number of nitrogens with one attached hydrogen (secondary N) is 2. The number of aliphatic hydroxyl groups excluding tert-OH is 1. The summed E-state index contributed by atoms with van der Waals surface area (Å²) in [5.74, 6) is -0.105. The SMILES string of the molecule is CC(=O)Nc1ccc(CC(=O)NCCCCCCO)cc1.